The van der Waals surface area contributed by atoms with Crippen molar-refractivity contribution in [2.75, 3.05) is 4.90 Å². The Hall–Kier alpha value is -3.94. The van der Waals surface area contributed by atoms with Crippen LogP contribution in [0, 0.1) is 13.8 Å². The van der Waals surface area contributed by atoms with E-state index in [0.717, 1.165) is 16.6 Å². The number of imide groups is 1. The highest BCUT2D eigenvalue weighted by atomic mass is 16.2. The Labute approximate surface area is 171 Å². The minimum Gasteiger partial charge on any atom is -0.322 e. The van der Waals surface area contributed by atoms with Crippen LogP contribution < -0.4 is 10.5 Å². The number of H-pyrrole nitrogens is 2. The monoisotopic (exact) mass is 401 g/mol. The SMILES string of the molecule is Cc1ccc(N2C(=O)C[C@H](c3c(C)[nH]n(-c4nc5ccccc5[nH]4)c3=O)C2=O)cc1. The number of fused-ring (bicyclic) bond motifs is 1. The van der Waals surface area contributed by atoms with Crippen LogP contribution in [-0.2, 0) is 9.59 Å². The molecule has 2 amide bonds. The molecule has 1 aliphatic heterocycles. The van der Waals surface area contributed by atoms with E-state index in [1.807, 2.05) is 43.3 Å². The highest BCUT2D eigenvalue weighted by Crippen LogP contribution is 2.33. The molecule has 8 heteroatoms. The predicted molar refractivity (Wildman–Crippen MR) is 112 cm³/mol. The second kappa shape index (κ2) is 6.55. The van der Waals surface area contributed by atoms with Crippen molar-refractivity contribution >= 4 is 28.5 Å². The number of rotatable bonds is 3. The Morgan fingerprint density at radius 3 is 2.47 bits per heavy atom. The summed E-state index contributed by atoms with van der Waals surface area (Å²) >= 11 is 0. The summed E-state index contributed by atoms with van der Waals surface area (Å²) in [4.78, 5) is 47.6. The zero-order valence-electron chi connectivity index (χ0n) is 16.5. The van der Waals surface area contributed by atoms with Crippen LogP contribution in [0.25, 0.3) is 17.0 Å². The number of aryl methyl sites for hydroxylation is 2. The number of aromatic amines is 2. The van der Waals surface area contributed by atoms with Gasteiger partial charge in [-0.15, -0.1) is 0 Å². The van der Waals surface area contributed by atoms with Crippen LogP contribution in [0.3, 0.4) is 0 Å². The second-order valence-corrected chi connectivity index (χ2v) is 7.53. The summed E-state index contributed by atoms with van der Waals surface area (Å²) in [7, 11) is 0. The number of benzene rings is 2. The number of aromatic nitrogens is 4. The lowest BCUT2D eigenvalue weighted by molar-refractivity contribution is -0.121. The molecular weight excluding hydrogens is 382 g/mol. The van der Waals surface area contributed by atoms with E-state index in [2.05, 4.69) is 15.1 Å². The van der Waals surface area contributed by atoms with Gasteiger partial charge < -0.3 is 4.98 Å². The Morgan fingerprint density at radius 1 is 1.00 bits per heavy atom. The molecule has 2 aromatic carbocycles. The number of carbonyl (C=O) groups excluding carboxylic acids is 2. The summed E-state index contributed by atoms with van der Waals surface area (Å²) in [6, 6.07) is 14.6. The third kappa shape index (κ3) is 2.68. The third-order valence-electron chi connectivity index (χ3n) is 5.49. The molecule has 0 aliphatic carbocycles. The predicted octanol–water partition coefficient (Wildman–Crippen LogP) is 2.71. The smallest absolute Gasteiger partial charge is 0.278 e. The molecule has 8 nitrogen and oxygen atoms in total. The maximum Gasteiger partial charge on any atom is 0.278 e. The van der Waals surface area contributed by atoms with Crippen molar-refractivity contribution in [1.29, 1.82) is 0 Å². The highest BCUT2D eigenvalue weighted by Gasteiger charge is 2.43. The normalized spacial score (nSPS) is 16.7. The molecule has 0 saturated carbocycles. The van der Waals surface area contributed by atoms with Gasteiger partial charge in [0, 0.05) is 12.1 Å². The Bertz CT molecular complexity index is 1330. The first-order valence-corrected chi connectivity index (χ1v) is 9.64. The summed E-state index contributed by atoms with van der Waals surface area (Å²) in [5.41, 5.74) is 3.52. The number of hydrogen-bond acceptors (Lipinski definition) is 4. The molecule has 0 spiro atoms. The van der Waals surface area contributed by atoms with Gasteiger partial charge in [0.15, 0.2) is 0 Å². The van der Waals surface area contributed by atoms with Gasteiger partial charge in [-0.1, -0.05) is 29.8 Å². The Morgan fingerprint density at radius 2 is 1.73 bits per heavy atom. The van der Waals surface area contributed by atoms with Crippen LogP contribution in [-0.4, -0.2) is 31.6 Å². The summed E-state index contributed by atoms with van der Waals surface area (Å²) in [6.45, 7) is 3.66. The first kappa shape index (κ1) is 18.1. The molecule has 1 aliphatic rings. The average Bonchev–Trinajstić information content (AvgIpc) is 3.36. The molecule has 1 atom stereocenters. The number of carbonyl (C=O) groups is 2. The second-order valence-electron chi connectivity index (χ2n) is 7.53. The van der Waals surface area contributed by atoms with E-state index < -0.39 is 5.92 Å². The van der Waals surface area contributed by atoms with Crippen LogP contribution in [0.4, 0.5) is 5.69 Å². The van der Waals surface area contributed by atoms with Crippen molar-refractivity contribution in [3.05, 3.63) is 75.7 Å². The van der Waals surface area contributed by atoms with Crippen molar-refractivity contribution in [2.45, 2.75) is 26.2 Å². The van der Waals surface area contributed by atoms with Crippen LogP contribution in [0.15, 0.2) is 53.3 Å². The number of para-hydroxylation sites is 2. The van der Waals surface area contributed by atoms with Gasteiger partial charge in [-0.25, -0.2) is 4.98 Å². The van der Waals surface area contributed by atoms with E-state index in [1.54, 1.807) is 19.1 Å². The molecule has 0 bridgehead atoms. The number of amides is 2. The number of hydrogen-bond donors (Lipinski definition) is 2. The van der Waals surface area contributed by atoms with Gasteiger partial charge in [0.1, 0.15) is 0 Å². The third-order valence-corrected chi connectivity index (χ3v) is 5.49. The lowest BCUT2D eigenvalue weighted by Crippen LogP contribution is -2.31. The quantitative estimate of drug-likeness (QED) is 0.515. The van der Waals surface area contributed by atoms with Gasteiger partial charge >= 0.3 is 0 Å². The van der Waals surface area contributed by atoms with Crippen molar-refractivity contribution < 1.29 is 9.59 Å². The topological polar surface area (TPSA) is 104 Å². The number of imidazole rings is 1. The minimum atomic E-state index is -0.826. The fourth-order valence-electron chi connectivity index (χ4n) is 3.99. The molecule has 2 N–H and O–H groups in total. The highest BCUT2D eigenvalue weighted by molar-refractivity contribution is 6.22. The van der Waals surface area contributed by atoms with Crippen molar-refractivity contribution in [1.82, 2.24) is 19.7 Å². The van der Waals surface area contributed by atoms with Gasteiger partial charge in [0.2, 0.25) is 17.8 Å². The van der Waals surface area contributed by atoms with Gasteiger partial charge in [0.05, 0.1) is 28.2 Å². The van der Waals surface area contributed by atoms with Gasteiger partial charge in [-0.05, 0) is 38.1 Å². The molecule has 1 fully saturated rings. The fraction of sp³-hybridized carbons (Fsp3) is 0.182. The molecule has 4 aromatic rings. The van der Waals surface area contributed by atoms with Crippen LogP contribution in [0.1, 0.15) is 29.2 Å². The van der Waals surface area contributed by atoms with Gasteiger partial charge in [-0.2, -0.15) is 4.68 Å². The Balaban J connectivity index is 1.55. The molecular formula is C22H19N5O3. The van der Waals surface area contributed by atoms with E-state index >= 15 is 0 Å². The van der Waals surface area contributed by atoms with Crippen molar-refractivity contribution in [3.63, 3.8) is 0 Å². The van der Waals surface area contributed by atoms with E-state index in [0.29, 0.717) is 22.9 Å². The zero-order chi connectivity index (χ0) is 21.0. The molecule has 3 heterocycles. The van der Waals surface area contributed by atoms with E-state index in [9.17, 15) is 14.4 Å². The molecule has 150 valence electrons. The van der Waals surface area contributed by atoms with E-state index in [4.69, 9.17) is 0 Å². The minimum absolute atomic E-state index is 0.0409. The van der Waals surface area contributed by atoms with Crippen LogP contribution in [0.2, 0.25) is 0 Å². The summed E-state index contributed by atoms with van der Waals surface area (Å²) in [5, 5.41) is 2.99. The molecule has 0 unspecified atom stereocenters. The molecule has 2 aromatic heterocycles. The number of nitrogens with one attached hydrogen (secondary N) is 2. The maximum atomic E-state index is 13.2. The fourth-order valence-corrected chi connectivity index (χ4v) is 3.99. The largest absolute Gasteiger partial charge is 0.322 e. The molecule has 1 saturated heterocycles. The lowest BCUT2D eigenvalue weighted by Gasteiger charge is -2.15. The number of anilines is 1. The van der Waals surface area contributed by atoms with E-state index in [-0.39, 0.29) is 23.8 Å². The first-order chi connectivity index (χ1) is 14.4. The Kier molecular flexibility index (Phi) is 3.95. The molecule has 5 rings (SSSR count). The standard InChI is InChI=1S/C22H19N5O3/c1-12-7-9-14(10-8-12)26-18(28)11-15(20(26)29)19-13(2)25-27(21(19)30)22-23-16-5-3-4-6-17(16)24-22/h3-10,15,25H,11H2,1-2H3,(H,23,24)/t15-/m1/s1. The maximum absolute atomic E-state index is 13.2. The summed E-state index contributed by atoms with van der Waals surface area (Å²) in [6.07, 6.45) is -0.0409. The van der Waals surface area contributed by atoms with Gasteiger partial charge in [-0.3, -0.25) is 24.4 Å². The van der Waals surface area contributed by atoms with Gasteiger partial charge in [0.25, 0.3) is 5.56 Å². The summed E-state index contributed by atoms with van der Waals surface area (Å²) < 4.78 is 1.29. The zero-order valence-corrected chi connectivity index (χ0v) is 16.5. The lowest BCUT2D eigenvalue weighted by atomic mass is 9.98. The van der Waals surface area contributed by atoms with Crippen LogP contribution in [0.5, 0.6) is 0 Å². The van der Waals surface area contributed by atoms with Crippen molar-refractivity contribution in [3.8, 4) is 5.95 Å². The summed E-state index contributed by atoms with van der Waals surface area (Å²) in [5.74, 6) is -1.19. The molecule has 0 radical (unpaired) electrons. The van der Waals surface area contributed by atoms with E-state index in [1.165, 1.54) is 9.58 Å². The number of nitrogens with zero attached hydrogens (tertiary/aromatic N) is 3. The first-order valence-electron chi connectivity index (χ1n) is 9.64. The van der Waals surface area contributed by atoms with Crippen LogP contribution >= 0.6 is 0 Å². The average molecular weight is 401 g/mol. The molecule has 30 heavy (non-hydrogen) atoms. The van der Waals surface area contributed by atoms with Crippen molar-refractivity contribution in [2.24, 2.45) is 0 Å².